The van der Waals surface area contributed by atoms with Gasteiger partial charge in [-0.1, -0.05) is 30.5 Å². The Morgan fingerprint density at radius 3 is 2.33 bits per heavy atom. The summed E-state index contributed by atoms with van der Waals surface area (Å²) in [6, 6.07) is 4.25. The van der Waals surface area contributed by atoms with E-state index in [0.29, 0.717) is 0 Å². The Hall–Kier alpha value is -0.530. The summed E-state index contributed by atoms with van der Waals surface area (Å²) in [5.74, 6) is 0. The maximum atomic E-state index is 6.41. The molecule has 2 N–H and O–H groups in total. The van der Waals surface area contributed by atoms with E-state index in [1.54, 1.807) is 0 Å². The predicted octanol–water partition coefficient (Wildman–Crippen LogP) is 3.68. The molecule has 2 rings (SSSR count). The van der Waals surface area contributed by atoms with Crippen molar-refractivity contribution in [3.05, 3.63) is 33.8 Å². The van der Waals surface area contributed by atoms with E-state index in [1.165, 1.54) is 29.5 Å². The zero-order valence-corrected chi connectivity index (χ0v) is 10.2. The third kappa shape index (κ3) is 1.91. The molecule has 15 heavy (non-hydrogen) atoms. The van der Waals surface area contributed by atoms with E-state index < -0.39 is 0 Å². The third-order valence-corrected chi connectivity index (χ3v) is 4.07. The predicted molar refractivity (Wildman–Crippen MR) is 65.3 cm³/mol. The summed E-state index contributed by atoms with van der Waals surface area (Å²) in [4.78, 5) is 0. The van der Waals surface area contributed by atoms with Gasteiger partial charge in [-0.25, -0.2) is 0 Å². The third-order valence-electron chi connectivity index (χ3n) is 3.67. The molecule has 0 aliphatic heterocycles. The number of hydrogen-bond acceptors (Lipinski definition) is 1. The molecule has 1 nitrogen and oxygen atoms in total. The fraction of sp³-hybridized carbons (Fsp3) is 0.538. The molecule has 0 aromatic heterocycles. The monoisotopic (exact) mass is 223 g/mol. The molecule has 2 heteroatoms. The first-order chi connectivity index (χ1) is 7.03. The van der Waals surface area contributed by atoms with E-state index in [9.17, 15) is 0 Å². The fourth-order valence-corrected chi connectivity index (χ4v) is 2.66. The van der Waals surface area contributed by atoms with Gasteiger partial charge in [0.2, 0.25) is 0 Å². The van der Waals surface area contributed by atoms with Crippen molar-refractivity contribution in [1.29, 1.82) is 0 Å². The lowest BCUT2D eigenvalue weighted by Crippen LogP contribution is -2.33. The second-order valence-electron chi connectivity index (χ2n) is 4.76. The average Bonchev–Trinajstić information content (AvgIpc) is 2.62. The van der Waals surface area contributed by atoms with Gasteiger partial charge in [0.1, 0.15) is 0 Å². The lowest BCUT2D eigenvalue weighted by molar-refractivity contribution is 0.461. The minimum atomic E-state index is -0.123. The number of halogens is 1. The zero-order chi connectivity index (χ0) is 11.1. The Morgan fingerprint density at radius 1 is 1.20 bits per heavy atom. The first-order valence-corrected chi connectivity index (χ1v) is 5.97. The highest BCUT2D eigenvalue weighted by Crippen LogP contribution is 2.38. The Morgan fingerprint density at radius 2 is 1.80 bits per heavy atom. The fourth-order valence-electron chi connectivity index (χ4n) is 2.40. The van der Waals surface area contributed by atoms with Gasteiger partial charge in [0.15, 0.2) is 0 Å². The molecule has 1 aliphatic carbocycles. The van der Waals surface area contributed by atoms with E-state index >= 15 is 0 Å². The Labute approximate surface area is 96.6 Å². The van der Waals surface area contributed by atoms with Crippen LogP contribution in [-0.2, 0) is 5.54 Å². The van der Waals surface area contributed by atoms with Gasteiger partial charge in [-0.05, 0) is 49.4 Å². The van der Waals surface area contributed by atoms with Crippen molar-refractivity contribution < 1.29 is 0 Å². The van der Waals surface area contributed by atoms with Crippen molar-refractivity contribution in [1.82, 2.24) is 0 Å². The van der Waals surface area contributed by atoms with Crippen molar-refractivity contribution in [3.63, 3.8) is 0 Å². The van der Waals surface area contributed by atoms with Crippen molar-refractivity contribution >= 4 is 11.6 Å². The highest BCUT2D eigenvalue weighted by molar-refractivity contribution is 6.31. The second-order valence-corrected chi connectivity index (χ2v) is 5.17. The van der Waals surface area contributed by atoms with Crippen molar-refractivity contribution in [3.8, 4) is 0 Å². The van der Waals surface area contributed by atoms with Crippen LogP contribution in [0.1, 0.15) is 42.4 Å². The van der Waals surface area contributed by atoms with Gasteiger partial charge >= 0.3 is 0 Å². The normalized spacial score (nSPS) is 19.5. The number of aryl methyl sites for hydroxylation is 1. The molecule has 0 saturated heterocycles. The van der Waals surface area contributed by atoms with E-state index in [4.69, 9.17) is 17.3 Å². The highest BCUT2D eigenvalue weighted by Gasteiger charge is 2.31. The van der Waals surface area contributed by atoms with E-state index in [1.807, 2.05) is 0 Å². The SMILES string of the molecule is Cc1cc(C2(N)CCCC2)cc(Cl)c1C. The van der Waals surface area contributed by atoms with Crippen LogP contribution in [0.25, 0.3) is 0 Å². The molecule has 1 aromatic carbocycles. The Kier molecular flexibility index (Phi) is 2.78. The molecule has 1 aliphatic rings. The standard InChI is InChI=1S/C13H18ClN/c1-9-7-11(8-12(14)10(9)2)13(15)5-3-4-6-13/h7-8H,3-6,15H2,1-2H3. The zero-order valence-electron chi connectivity index (χ0n) is 9.44. The van der Waals surface area contributed by atoms with Crippen molar-refractivity contribution in [2.75, 3.05) is 0 Å². The Balaban J connectivity index is 2.45. The lowest BCUT2D eigenvalue weighted by atomic mass is 9.87. The van der Waals surface area contributed by atoms with Gasteiger partial charge in [-0.2, -0.15) is 0 Å². The Bertz CT molecular complexity index is 355. The van der Waals surface area contributed by atoms with Gasteiger partial charge in [-0.3, -0.25) is 0 Å². The molecule has 0 spiro atoms. The largest absolute Gasteiger partial charge is 0.321 e. The van der Waals surface area contributed by atoms with Crippen LogP contribution in [-0.4, -0.2) is 0 Å². The van der Waals surface area contributed by atoms with Crippen LogP contribution in [0.4, 0.5) is 0 Å². The van der Waals surface area contributed by atoms with E-state index in [0.717, 1.165) is 17.9 Å². The summed E-state index contributed by atoms with van der Waals surface area (Å²) >= 11 is 6.20. The van der Waals surface area contributed by atoms with E-state index in [-0.39, 0.29) is 5.54 Å². The highest BCUT2D eigenvalue weighted by atomic mass is 35.5. The minimum Gasteiger partial charge on any atom is -0.321 e. The summed E-state index contributed by atoms with van der Waals surface area (Å²) in [6.07, 6.45) is 4.65. The van der Waals surface area contributed by atoms with Crippen molar-refractivity contribution in [2.45, 2.75) is 45.1 Å². The van der Waals surface area contributed by atoms with Crippen molar-refractivity contribution in [2.24, 2.45) is 5.73 Å². The molecule has 0 radical (unpaired) electrons. The second kappa shape index (κ2) is 3.80. The van der Waals surface area contributed by atoms with Gasteiger partial charge < -0.3 is 5.73 Å². The van der Waals surface area contributed by atoms with Crippen LogP contribution < -0.4 is 5.73 Å². The lowest BCUT2D eigenvalue weighted by Gasteiger charge is -2.25. The van der Waals surface area contributed by atoms with Gasteiger partial charge in [0, 0.05) is 10.6 Å². The summed E-state index contributed by atoms with van der Waals surface area (Å²) in [5, 5.41) is 0.849. The topological polar surface area (TPSA) is 26.0 Å². The molecule has 0 atom stereocenters. The molecule has 0 amide bonds. The molecule has 1 fully saturated rings. The van der Waals surface area contributed by atoms with Gasteiger partial charge in [0.25, 0.3) is 0 Å². The molecule has 82 valence electrons. The quantitative estimate of drug-likeness (QED) is 0.772. The summed E-state index contributed by atoms with van der Waals surface area (Å²) in [7, 11) is 0. The molecule has 1 aromatic rings. The molecular weight excluding hydrogens is 206 g/mol. The van der Waals surface area contributed by atoms with Crippen LogP contribution in [0, 0.1) is 13.8 Å². The number of hydrogen-bond donors (Lipinski definition) is 1. The minimum absolute atomic E-state index is 0.123. The van der Waals surface area contributed by atoms with Crippen LogP contribution in [0.3, 0.4) is 0 Å². The molecular formula is C13H18ClN. The smallest absolute Gasteiger partial charge is 0.0441 e. The van der Waals surface area contributed by atoms with Crippen LogP contribution in [0.5, 0.6) is 0 Å². The molecule has 0 unspecified atom stereocenters. The summed E-state index contributed by atoms with van der Waals surface area (Å²) in [5.41, 5.74) is 9.92. The summed E-state index contributed by atoms with van der Waals surface area (Å²) < 4.78 is 0. The summed E-state index contributed by atoms with van der Waals surface area (Å²) in [6.45, 7) is 4.16. The first-order valence-electron chi connectivity index (χ1n) is 5.59. The first kappa shape index (κ1) is 11.0. The average molecular weight is 224 g/mol. The van der Waals surface area contributed by atoms with Crippen LogP contribution in [0.2, 0.25) is 5.02 Å². The maximum absolute atomic E-state index is 6.41. The number of nitrogens with two attached hydrogens (primary N) is 1. The van der Waals surface area contributed by atoms with E-state index in [2.05, 4.69) is 26.0 Å². The number of benzene rings is 1. The van der Waals surface area contributed by atoms with Crippen LogP contribution in [0.15, 0.2) is 12.1 Å². The maximum Gasteiger partial charge on any atom is 0.0441 e. The van der Waals surface area contributed by atoms with Gasteiger partial charge in [0.05, 0.1) is 0 Å². The molecule has 0 heterocycles. The van der Waals surface area contributed by atoms with Gasteiger partial charge in [-0.15, -0.1) is 0 Å². The molecule has 1 saturated carbocycles. The number of rotatable bonds is 1. The van der Waals surface area contributed by atoms with Crippen LogP contribution >= 0.6 is 11.6 Å². The molecule has 0 bridgehead atoms.